The first-order valence-corrected chi connectivity index (χ1v) is 6.27. The summed E-state index contributed by atoms with van der Waals surface area (Å²) in [4.78, 5) is 23.7. The van der Waals surface area contributed by atoms with Crippen molar-refractivity contribution >= 4 is 17.6 Å². The Hall–Kier alpha value is -2.69. The number of anilines is 1. The van der Waals surface area contributed by atoms with Crippen molar-refractivity contribution in [2.24, 2.45) is 0 Å². The number of methoxy groups -OCH3 is 1. The van der Waals surface area contributed by atoms with Crippen molar-refractivity contribution in [3.05, 3.63) is 65.0 Å². The maximum absolute atomic E-state index is 12.8. The van der Waals surface area contributed by atoms with Crippen LogP contribution in [0.1, 0.15) is 26.3 Å². The van der Waals surface area contributed by atoms with Crippen molar-refractivity contribution in [1.82, 2.24) is 0 Å². The van der Waals surface area contributed by atoms with E-state index < -0.39 is 11.8 Å². The zero-order valence-electron chi connectivity index (χ0n) is 11.6. The molecule has 0 spiro atoms. The van der Waals surface area contributed by atoms with E-state index in [4.69, 9.17) is 0 Å². The van der Waals surface area contributed by atoms with Gasteiger partial charge < -0.3 is 10.1 Å². The zero-order chi connectivity index (χ0) is 15.4. The number of carbonyl (C=O) groups is 2. The number of esters is 1. The number of hydrogen-bond donors (Lipinski definition) is 1. The summed E-state index contributed by atoms with van der Waals surface area (Å²) in [6, 6.07) is 10.2. The van der Waals surface area contributed by atoms with Crippen molar-refractivity contribution in [3.8, 4) is 0 Å². The lowest BCUT2D eigenvalue weighted by atomic mass is 10.1. The normalized spacial score (nSPS) is 10.0. The number of carbonyl (C=O) groups excluding carboxylic acids is 2. The van der Waals surface area contributed by atoms with Gasteiger partial charge >= 0.3 is 5.97 Å². The number of benzene rings is 2. The Kier molecular flexibility index (Phi) is 4.33. The van der Waals surface area contributed by atoms with Gasteiger partial charge in [-0.15, -0.1) is 0 Å². The molecule has 0 aliphatic heterocycles. The third-order valence-corrected chi connectivity index (χ3v) is 3.09. The van der Waals surface area contributed by atoms with Gasteiger partial charge in [0.2, 0.25) is 0 Å². The third kappa shape index (κ3) is 3.25. The van der Waals surface area contributed by atoms with Crippen LogP contribution in [-0.2, 0) is 4.74 Å². The van der Waals surface area contributed by atoms with Crippen LogP contribution in [0.2, 0.25) is 0 Å². The van der Waals surface area contributed by atoms with Crippen LogP contribution in [0.4, 0.5) is 10.1 Å². The second-order valence-corrected chi connectivity index (χ2v) is 4.43. The first-order chi connectivity index (χ1) is 10.0. The molecule has 0 radical (unpaired) electrons. The minimum absolute atomic E-state index is 0.333. The van der Waals surface area contributed by atoms with Crippen LogP contribution in [0.5, 0.6) is 0 Å². The van der Waals surface area contributed by atoms with Crippen molar-refractivity contribution in [2.75, 3.05) is 12.4 Å². The van der Waals surface area contributed by atoms with E-state index >= 15 is 0 Å². The van der Waals surface area contributed by atoms with Gasteiger partial charge in [0, 0.05) is 11.3 Å². The average Bonchev–Trinajstić information content (AvgIpc) is 2.49. The molecule has 0 unspecified atom stereocenters. The monoisotopic (exact) mass is 287 g/mol. The van der Waals surface area contributed by atoms with Gasteiger partial charge in [0.05, 0.1) is 12.7 Å². The molecule has 0 fully saturated rings. The van der Waals surface area contributed by atoms with Crippen LogP contribution in [-0.4, -0.2) is 19.0 Å². The highest BCUT2D eigenvalue weighted by molar-refractivity contribution is 6.05. The maximum atomic E-state index is 12.8. The summed E-state index contributed by atoms with van der Waals surface area (Å²) in [7, 11) is 1.30. The lowest BCUT2D eigenvalue weighted by molar-refractivity contribution is 0.0599. The number of ether oxygens (including phenoxy) is 1. The largest absolute Gasteiger partial charge is 0.465 e. The van der Waals surface area contributed by atoms with Crippen LogP contribution in [0, 0.1) is 12.7 Å². The molecule has 5 heteroatoms. The summed E-state index contributed by atoms with van der Waals surface area (Å²) in [5.74, 6) is -1.25. The highest BCUT2D eigenvalue weighted by Crippen LogP contribution is 2.20. The Morgan fingerprint density at radius 1 is 1.10 bits per heavy atom. The quantitative estimate of drug-likeness (QED) is 0.882. The first kappa shape index (κ1) is 14.7. The second kappa shape index (κ2) is 6.17. The van der Waals surface area contributed by atoms with Crippen molar-refractivity contribution in [1.29, 1.82) is 0 Å². The molecule has 0 bridgehead atoms. The Morgan fingerprint density at radius 3 is 2.38 bits per heavy atom. The highest BCUT2D eigenvalue weighted by atomic mass is 19.1. The van der Waals surface area contributed by atoms with Crippen molar-refractivity contribution in [3.63, 3.8) is 0 Å². The molecule has 2 rings (SSSR count). The summed E-state index contributed by atoms with van der Waals surface area (Å²) >= 11 is 0. The Bertz CT molecular complexity index is 680. The maximum Gasteiger partial charge on any atom is 0.338 e. The summed E-state index contributed by atoms with van der Waals surface area (Å²) < 4.78 is 17.5. The molecule has 0 aliphatic rings. The van der Waals surface area contributed by atoms with Gasteiger partial charge in [0.15, 0.2) is 0 Å². The lowest BCUT2D eigenvalue weighted by Gasteiger charge is -2.11. The molecule has 0 aromatic heterocycles. The van der Waals surface area contributed by atoms with Gasteiger partial charge in [0.25, 0.3) is 5.91 Å². The van der Waals surface area contributed by atoms with Gasteiger partial charge in [-0.25, -0.2) is 9.18 Å². The standard InChI is InChI=1S/C16H14FNO3/c1-10-13(16(20)21-2)4-3-5-14(10)18-15(19)11-6-8-12(17)9-7-11/h3-9H,1-2H3,(H,18,19). The average molecular weight is 287 g/mol. The van der Waals surface area contributed by atoms with Crippen molar-refractivity contribution < 1.29 is 18.7 Å². The van der Waals surface area contributed by atoms with Crippen LogP contribution >= 0.6 is 0 Å². The predicted molar refractivity (Wildman–Crippen MR) is 76.9 cm³/mol. The van der Waals surface area contributed by atoms with Crippen LogP contribution < -0.4 is 5.32 Å². The van der Waals surface area contributed by atoms with E-state index in [0.29, 0.717) is 22.4 Å². The van der Waals surface area contributed by atoms with E-state index in [0.717, 1.165) is 0 Å². The van der Waals surface area contributed by atoms with E-state index in [2.05, 4.69) is 10.1 Å². The molecule has 2 aromatic carbocycles. The van der Waals surface area contributed by atoms with Gasteiger partial charge in [-0.05, 0) is 48.9 Å². The van der Waals surface area contributed by atoms with E-state index in [9.17, 15) is 14.0 Å². The topological polar surface area (TPSA) is 55.4 Å². The number of nitrogens with one attached hydrogen (secondary N) is 1. The van der Waals surface area contributed by atoms with E-state index in [-0.39, 0.29) is 5.91 Å². The smallest absolute Gasteiger partial charge is 0.338 e. The fraction of sp³-hybridized carbons (Fsp3) is 0.125. The minimum atomic E-state index is -0.467. The Morgan fingerprint density at radius 2 is 1.76 bits per heavy atom. The molecule has 2 aromatic rings. The fourth-order valence-electron chi connectivity index (χ4n) is 1.90. The Labute approximate surface area is 121 Å². The SMILES string of the molecule is COC(=O)c1cccc(NC(=O)c2ccc(F)cc2)c1C. The summed E-state index contributed by atoms with van der Waals surface area (Å²) in [5.41, 5.74) is 1.83. The number of rotatable bonds is 3. The Balaban J connectivity index is 2.25. The molecule has 0 heterocycles. The van der Waals surface area contributed by atoms with Crippen LogP contribution in [0.3, 0.4) is 0 Å². The summed E-state index contributed by atoms with van der Waals surface area (Å²) in [5, 5.41) is 2.70. The summed E-state index contributed by atoms with van der Waals surface area (Å²) in [6.07, 6.45) is 0. The highest BCUT2D eigenvalue weighted by Gasteiger charge is 2.14. The molecule has 108 valence electrons. The molecule has 1 amide bonds. The van der Waals surface area contributed by atoms with Gasteiger partial charge in [-0.1, -0.05) is 6.07 Å². The molecule has 4 nitrogen and oxygen atoms in total. The molecular formula is C16H14FNO3. The molecule has 1 N–H and O–H groups in total. The van der Waals surface area contributed by atoms with E-state index in [1.54, 1.807) is 25.1 Å². The van der Waals surface area contributed by atoms with Crippen LogP contribution in [0.15, 0.2) is 42.5 Å². The first-order valence-electron chi connectivity index (χ1n) is 6.27. The van der Waals surface area contributed by atoms with Gasteiger partial charge in [0.1, 0.15) is 5.82 Å². The van der Waals surface area contributed by atoms with Crippen molar-refractivity contribution in [2.45, 2.75) is 6.92 Å². The van der Waals surface area contributed by atoms with Crippen LogP contribution in [0.25, 0.3) is 0 Å². The number of amides is 1. The lowest BCUT2D eigenvalue weighted by Crippen LogP contribution is -2.14. The molecule has 0 atom stereocenters. The minimum Gasteiger partial charge on any atom is -0.465 e. The molecule has 0 aliphatic carbocycles. The number of halogens is 1. The van der Waals surface area contributed by atoms with Gasteiger partial charge in [-0.3, -0.25) is 4.79 Å². The number of hydrogen-bond acceptors (Lipinski definition) is 3. The molecule has 0 saturated heterocycles. The molecule has 0 saturated carbocycles. The molecular weight excluding hydrogens is 273 g/mol. The summed E-state index contributed by atoms with van der Waals surface area (Å²) in [6.45, 7) is 1.71. The predicted octanol–water partition coefficient (Wildman–Crippen LogP) is 3.17. The van der Waals surface area contributed by atoms with E-state index in [1.807, 2.05) is 0 Å². The second-order valence-electron chi connectivity index (χ2n) is 4.43. The fourth-order valence-corrected chi connectivity index (χ4v) is 1.90. The third-order valence-electron chi connectivity index (χ3n) is 3.09. The zero-order valence-corrected chi connectivity index (χ0v) is 11.6. The van der Waals surface area contributed by atoms with E-state index in [1.165, 1.54) is 31.4 Å². The molecule has 21 heavy (non-hydrogen) atoms. The van der Waals surface area contributed by atoms with Gasteiger partial charge in [-0.2, -0.15) is 0 Å².